The zero-order valence-corrected chi connectivity index (χ0v) is 12.9. The van der Waals surface area contributed by atoms with Crippen LogP contribution in [0, 0.1) is 0 Å². The number of rotatable bonds is 5. The fourth-order valence-electron chi connectivity index (χ4n) is 0.872. The lowest BCUT2D eigenvalue weighted by Crippen LogP contribution is -2.10. The van der Waals surface area contributed by atoms with Gasteiger partial charge in [0.25, 0.3) is 0 Å². The highest BCUT2D eigenvalue weighted by Crippen LogP contribution is 2.25. The Morgan fingerprint density at radius 2 is 1.79 bits per heavy atom. The van der Waals surface area contributed by atoms with Crippen LogP contribution in [0.4, 0.5) is 0 Å². The number of hydrogen-bond acceptors (Lipinski definition) is 0. The summed E-state index contributed by atoms with van der Waals surface area (Å²) < 4.78 is 0. The summed E-state index contributed by atoms with van der Waals surface area (Å²) >= 11 is 18.4. The first-order valence-corrected chi connectivity index (χ1v) is 6.95. The van der Waals surface area contributed by atoms with Crippen molar-refractivity contribution in [2.75, 3.05) is 0 Å². The molecule has 0 aliphatic rings. The van der Waals surface area contributed by atoms with Crippen LogP contribution in [-0.4, -0.2) is 14.5 Å². The summed E-state index contributed by atoms with van der Waals surface area (Å²) in [5.41, 5.74) is 2.27. The van der Waals surface area contributed by atoms with Crippen LogP contribution in [0.2, 0.25) is 0 Å². The zero-order chi connectivity index (χ0) is 11.3. The van der Waals surface area contributed by atoms with Gasteiger partial charge in [0.2, 0.25) is 0 Å². The number of halogens is 4. The van der Waals surface area contributed by atoms with Crippen molar-refractivity contribution >= 4 is 55.1 Å². The van der Waals surface area contributed by atoms with Crippen molar-refractivity contribution in [3.63, 3.8) is 0 Å². The van der Waals surface area contributed by atoms with E-state index in [1.807, 2.05) is 19.9 Å². The summed E-state index contributed by atoms with van der Waals surface area (Å²) in [5.74, 6) is 0. The molecule has 0 aromatic carbocycles. The van der Waals surface area contributed by atoms with Gasteiger partial charge in [0, 0.05) is 9.65 Å². The molecule has 4 heteroatoms. The monoisotopic (exact) mass is 362 g/mol. The van der Waals surface area contributed by atoms with Crippen LogP contribution in [-0.2, 0) is 0 Å². The van der Waals surface area contributed by atoms with Crippen molar-refractivity contribution in [3.8, 4) is 0 Å². The third kappa shape index (κ3) is 6.49. The largest absolute Gasteiger partial charge is 0.126 e. The van der Waals surface area contributed by atoms with Crippen molar-refractivity contribution < 1.29 is 0 Å². The molecule has 0 rings (SSSR count). The first kappa shape index (κ1) is 15.0. The van der Waals surface area contributed by atoms with E-state index in [0.717, 1.165) is 17.6 Å². The Morgan fingerprint density at radius 3 is 2.14 bits per heavy atom. The molecule has 0 unspecified atom stereocenters. The van der Waals surface area contributed by atoms with Crippen molar-refractivity contribution in [3.05, 3.63) is 23.8 Å². The predicted octanol–water partition coefficient (Wildman–Crippen LogP) is 5.23. The average molecular weight is 365 g/mol. The Bertz CT molecular complexity index is 224. The van der Waals surface area contributed by atoms with Gasteiger partial charge in [-0.05, 0) is 20.3 Å². The molecule has 0 aromatic heterocycles. The quantitative estimate of drug-likeness (QED) is 0.463. The third-order valence-electron chi connectivity index (χ3n) is 1.83. The fourth-order valence-corrected chi connectivity index (χ4v) is 2.67. The second-order valence-electron chi connectivity index (χ2n) is 3.26. The van der Waals surface area contributed by atoms with E-state index in [2.05, 4.69) is 38.4 Å². The minimum atomic E-state index is -0.436. The molecule has 0 fully saturated rings. The first-order chi connectivity index (χ1) is 6.34. The first-order valence-electron chi connectivity index (χ1n) is 4.24. The van der Waals surface area contributed by atoms with E-state index in [1.54, 1.807) is 0 Å². The maximum atomic E-state index is 5.65. The predicted molar refractivity (Wildman–Crippen MR) is 74.1 cm³/mol. The van der Waals surface area contributed by atoms with Crippen molar-refractivity contribution in [2.45, 2.75) is 34.8 Å². The molecule has 82 valence electrons. The van der Waals surface area contributed by atoms with Crippen LogP contribution in [0.5, 0.6) is 0 Å². The molecule has 2 atom stereocenters. The standard InChI is InChI=1S/C10H14Br2Cl2/c1-6(2)8(11)5-9(12)7(3)4-10(13)14/h4,8-10H,1,5H2,2-3H3/b7-4+/t8-,9-/m1/s1. The van der Waals surface area contributed by atoms with Gasteiger partial charge in [-0.1, -0.05) is 55.7 Å². The number of alkyl halides is 4. The van der Waals surface area contributed by atoms with Gasteiger partial charge in [0.1, 0.15) is 4.84 Å². The van der Waals surface area contributed by atoms with Crippen LogP contribution < -0.4 is 0 Å². The zero-order valence-electron chi connectivity index (χ0n) is 8.24. The summed E-state index contributed by atoms with van der Waals surface area (Å²) in [5, 5.41) is 0. The van der Waals surface area contributed by atoms with Crippen molar-refractivity contribution in [1.82, 2.24) is 0 Å². The summed E-state index contributed by atoms with van der Waals surface area (Å²) in [6.07, 6.45) is 2.78. The molecule has 14 heavy (non-hydrogen) atoms. The topological polar surface area (TPSA) is 0 Å². The van der Waals surface area contributed by atoms with Crippen LogP contribution in [0.25, 0.3) is 0 Å². The van der Waals surface area contributed by atoms with Gasteiger partial charge in [-0.2, -0.15) is 0 Å². The van der Waals surface area contributed by atoms with E-state index in [4.69, 9.17) is 23.2 Å². The lowest BCUT2D eigenvalue weighted by Gasteiger charge is -2.15. The van der Waals surface area contributed by atoms with E-state index in [1.165, 1.54) is 0 Å². The normalized spacial score (nSPS) is 16.9. The maximum Gasteiger partial charge on any atom is 0.126 e. The summed E-state index contributed by atoms with van der Waals surface area (Å²) in [4.78, 5) is 0.163. The van der Waals surface area contributed by atoms with Crippen LogP contribution in [0.15, 0.2) is 23.8 Å². The minimum absolute atomic E-state index is 0.281. The van der Waals surface area contributed by atoms with Crippen LogP contribution in [0.1, 0.15) is 20.3 Å². The Balaban J connectivity index is 4.20. The van der Waals surface area contributed by atoms with E-state index in [9.17, 15) is 0 Å². The Hall–Kier alpha value is 1.02. The fraction of sp³-hybridized carbons (Fsp3) is 0.600. The van der Waals surface area contributed by atoms with Crippen LogP contribution in [0.3, 0.4) is 0 Å². The molecule has 0 radical (unpaired) electrons. The van der Waals surface area contributed by atoms with Gasteiger partial charge in [0.15, 0.2) is 0 Å². The summed E-state index contributed by atoms with van der Waals surface area (Å²) in [7, 11) is 0. The summed E-state index contributed by atoms with van der Waals surface area (Å²) in [6, 6.07) is 0. The lowest BCUT2D eigenvalue weighted by molar-refractivity contribution is 0.852. The Kier molecular flexibility index (Phi) is 7.85. The van der Waals surface area contributed by atoms with Gasteiger partial charge >= 0.3 is 0 Å². The smallest absolute Gasteiger partial charge is 0.101 e. The SMILES string of the molecule is C=C(C)[C@H](Br)C[C@@H](Br)/C(C)=C/C(Cl)Cl. The van der Waals surface area contributed by atoms with E-state index in [0.29, 0.717) is 4.83 Å². The molecule has 0 heterocycles. The maximum absolute atomic E-state index is 5.65. The second kappa shape index (κ2) is 7.32. The Labute approximate surface area is 113 Å². The molecule has 0 spiro atoms. The van der Waals surface area contributed by atoms with Crippen molar-refractivity contribution in [2.24, 2.45) is 0 Å². The van der Waals surface area contributed by atoms with E-state index in [-0.39, 0.29) is 4.83 Å². The van der Waals surface area contributed by atoms with Gasteiger partial charge in [-0.3, -0.25) is 0 Å². The third-order valence-corrected chi connectivity index (χ3v) is 4.33. The number of allylic oxidation sites excluding steroid dienone is 3. The average Bonchev–Trinajstić information content (AvgIpc) is 2.02. The number of hydrogen-bond donors (Lipinski definition) is 0. The van der Waals surface area contributed by atoms with Gasteiger partial charge in [-0.15, -0.1) is 23.2 Å². The summed E-state index contributed by atoms with van der Waals surface area (Å²) in [6.45, 7) is 7.90. The van der Waals surface area contributed by atoms with Gasteiger partial charge in [0.05, 0.1) is 0 Å². The highest BCUT2D eigenvalue weighted by molar-refractivity contribution is 9.10. The van der Waals surface area contributed by atoms with Gasteiger partial charge < -0.3 is 0 Å². The second-order valence-corrected chi connectivity index (χ2v) is 6.64. The molecule has 0 nitrogen and oxygen atoms in total. The van der Waals surface area contributed by atoms with Gasteiger partial charge in [-0.25, -0.2) is 0 Å². The molecule has 0 aromatic rings. The molecule has 0 aliphatic heterocycles. The van der Waals surface area contributed by atoms with Crippen LogP contribution >= 0.6 is 55.1 Å². The van der Waals surface area contributed by atoms with E-state index >= 15 is 0 Å². The molecule has 0 amide bonds. The molecular formula is C10H14Br2Cl2. The molecule has 0 bridgehead atoms. The molecule has 0 aliphatic carbocycles. The lowest BCUT2D eigenvalue weighted by atomic mass is 10.1. The molecule has 0 N–H and O–H groups in total. The highest BCUT2D eigenvalue weighted by atomic mass is 79.9. The molecular weight excluding hydrogens is 351 g/mol. The Morgan fingerprint density at radius 1 is 1.29 bits per heavy atom. The highest BCUT2D eigenvalue weighted by Gasteiger charge is 2.14. The minimum Gasteiger partial charge on any atom is -0.101 e. The van der Waals surface area contributed by atoms with E-state index < -0.39 is 4.84 Å². The molecule has 0 saturated carbocycles. The van der Waals surface area contributed by atoms with Crippen molar-refractivity contribution in [1.29, 1.82) is 0 Å². The molecule has 0 saturated heterocycles.